The van der Waals surface area contributed by atoms with Crippen molar-refractivity contribution in [2.45, 2.75) is 13.5 Å². The first kappa shape index (κ1) is 12.6. The largest absolute Gasteiger partial charge is 0.481 e. The van der Waals surface area contributed by atoms with Crippen molar-refractivity contribution in [1.82, 2.24) is 4.90 Å². The molecule has 0 unspecified atom stereocenters. The van der Waals surface area contributed by atoms with Gasteiger partial charge in [0.05, 0.1) is 13.2 Å². The number of likely N-dealkylation sites (tertiary alicyclic amines) is 1. The van der Waals surface area contributed by atoms with Crippen molar-refractivity contribution in [1.29, 1.82) is 0 Å². The minimum Gasteiger partial charge on any atom is -0.481 e. The number of rotatable bonds is 3. The van der Waals surface area contributed by atoms with E-state index in [9.17, 15) is 9.90 Å². The molecule has 2 aliphatic heterocycles. The third-order valence-electron chi connectivity index (χ3n) is 4.36. The quantitative estimate of drug-likeness (QED) is 0.896. The zero-order chi connectivity index (χ0) is 13.5. The van der Waals surface area contributed by atoms with Gasteiger partial charge in [0.2, 0.25) is 0 Å². The normalized spacial score (nSPS) is 30.5. The van der Waals surface area contributed by atoms with Crippen molar-refractivity contribution in [3.8, 4) is 0 Å². The van der Waals surface area contributed by atoms with E-state index in [2.05, 4.69) is 36.1 Å². The standard InChI is InChI=1S/C15H19NO3/c1-11-3-2-4-12(5-11)6-16-7-13-8-19-10-15(13,9-16)14(17)18/h2-5,13H,6-10H2,1H3,(H,17,18)/t13-,15-/m1/s1. The number of carboxylic acid groups (broad SMARTS) is 1. The van der Waals surface area contributed by atoms with E-state index >= 15 is 0 Å². The fourth-order valence-electron chi connectivity index (χ4n) is 3.33. The first-order valence-corrected chi connectivity index (χ1v) is 6.69. The molecule has 2 heterocycles. The predicted octanol–water partition coefficient (Wildman–Crippen LogP) is 1.53. The van der Waals surface area contributed by atoms with Gasteiger partial charge in [0.15, 0.2) is 0 Å². The molecule has 2 aliphatic rings. The van der Waals surface area contributed by atoms with Gasteiger partial charge < -0.3 is 9.84 Å². The van der Waals surface area contributed by atoms with Crippen LogP contribution in [-0.2, 0) is 16.1 Å². The second-order valence-corrected chi connectivity index (χ2v) is 5.83. The van der Waals surface area contributed by atoms with Gasteiger partial charge in [0.1, 0.15) is 5.41 Å². The van der Waals surface area contributed by atoms with Gasteiger partial charge >= 0.3 is 5.97 Å². The smallest absolute Gasteiger partial charge is 0.313 e. The van der Waals surface area contributed by atoms with Crippen LogP contribution in [0.15, 0.2) is 24.3 Å². The summed E-state index contributed by atoms with van der Waals surface area (Å²) in [5.74, 6) is -0.573. The van der Waals surface area contributed by atoms with Crippen molar-refractivity contribution >= 4 is 5.97 Å². The summed E-state index contributed by atoms with van der Waals surface area (Å²) in [5, 5.41) is 9.50. The summed E-state index contributed by atoms with van der Waals surface area (Å²) in [6.07, 6.45) is 0. The number of benzene rings is 1. The number of aryl methyl sites for hydroxylation is 1. The molecule has 3 rings (SSSR count). The van der Waals surface area contributed by atoms with E-state index in [0.29, 0.717) is 19.8 Å². The van der Waals surface area contributed by atoms with Gasteiger partial charge in [-0.1, -0.05) is 29.8 Å². The van der Waals surface area contributed by atoms with Crippen LogP contribution in [0.2, 0.25) is 0 Å². The number of fused-ring (bicyclic) bond motifs is 1. The van der Waals surface area contributed by atoms with Crippen LogP contribution in [0.3, 0.4) is 0 Å². The molecule has 102 valence electrons. The molecule has 4 heteroatoms. The van der Waals surface area contributed by atoms with Crippen molar-refractivity contribution in [2.24, 2.45) is 11.3 Å². The summed E-state index contributed by atoms with van der Waals surface area (Å²) in [6.45, 7) is 5.26. The lowest BCUT2D eigenvalue weighted by atomic mass is 9.81. The molecule has 0 aromatic heterocycles. The fraction of sp³-hybridized carbons (Fsp3) is 0.533. The highest BCUT2D eigenvalue weighted by Crippen LogP contribution is 2.41. The molecule has 0 radical (unpaired) electrons. The van der Waals surface area contributed by atoms with Crippen LogP contribution in [0.25, 0.3) is 0 Å². The molecule has 0 saturated carbocycles. The molecule has 0 spiro atoms. The first-order chi connectivity index (χ1) is 9.10. The van der Waals surface area contributed by atoms with Crippen molar-refractivity contribution < 1.29 is 14.6 Å². The zero-order valence-corrected chi connectivity index (χ0v) is 11.1. The first-order valence-electron chi connectivity index (χ1n) is 6.69. The highest BCUT2D eigenvalue weighted by atomic mass is 16.5. The van der Waals surface area contributed by atoms with Gasteiger partial charge in [0, 0.05) is 25.6 Å². The van der Waals surface area contributed by atoms with Gasteiger partial charge in [-0.05, 0) is 12.5 Å². The predicted molar refractivity (Wildman–Crippen MR) is 70.8 cm³/mol. The molecule has 0 amide bonds. The van der Waals surface area contributed by atoms with Crippen LogP contribution in [0.4, 0.5) is 0 Å². The lowest BCUT2D eigenvalue weighted by Gasteiger charge is -2.22. The average molecular weight is 261 g/mol. The molecular weight excluding hydrogens is 242 g/mol. The van der Waals surface area contributed by atoms with Crippen LogP contribution in [0.5, 0.6) is 0 Å². The number of hydrogen-bond donors (Lipinski definition) is 1. The van der Waals surface area contributed by atoms with E-state index in [1.807, 2.05) is 0 Å². The maximum Gasteiger partial charge on any atom is 0.313 e. The number of carbonyl (C=O) groups is 1. The van der Waals surface area contributed by atoms with E-state index in [0.717, 1.165) is 13.1 Å². The summed E-state index contributed by atoms with van der Waals surface area (Å²) in [6, 6.07) is 8.40. The Kier molecular flexibility index (Phi) is 3.07. The number of carboxylic acids is 1. The topological polar surface area (TPSA) is 49.8 Å². The molecule has 4 nitrogen and oxygen atoms in total. The van der Waals surface area contributed by atoms with Crippen LogP contribution in [-0.4, -0.2) is 42.3 Å². The average Bonchev–Trinajstić information content (AvgIpc) is 2.86. The summed E-state index contributed by atoms with van der Waals surface area (Å²) in [5.41, 5.74) is 1.82. The molecule has 2 atom stereocenters. The Balaban J connectivity index is 1.74. The van der Waals surface area contributed by atoms with Crippen LogP contribution >= 0.6 is 0 Å². The number of hydrogen-bond acceptors (Lipinski definition) is 3. The third kappa shape index (κ3) is 2.15. The van der Waals surface area contributed by atoms with Crippen molar-refractivity contribution in [3.05, 3.63) is 35.4 Å². The Morgan fingerprint density at radius 3 is 3.11 bits per heavy atom. The maximum absolute atomic E-state index is 11.6. The van der Waals surface area contributed by atoms with E-state index in [1.54, 1.807) is 0 Å². The van der Waals surface area contributed by atoms with E-state index in [4.69, 9.17) is 4.74 Å². The molecular formula is C15H19NO3. The molecule has 1 aromatic carbocycles. The molecule has 0 aliphatic carbocycles. The minimum absolute atomic E-state index is 0.134. The van der Waals surface area contributed by atoms with Gasteiger partial charge in [-0.25, -0.2) is 0 Å². The maximum atomic E-state index is 11.6. The van der Waals surface area contributed by atoms with E-state index in [-0.39, 0.29) is 5.92 Å². The molecule has 2 saturated heterocycles. The second-order valence-electron chi connectivity index (χ2n) is 5.83. The second kappa shape index (κ2) is 4.62. The van der Waals surface area contributed by atoms with Crippen LogP contribution in [0.1, 0.15) is 11.1 Å². The highest BCUT2D eigenvalue weighted by molar-refractivity contribution is 5.76. The van der Waals surface area contributed by atoms with Crippen molar-refractivity contribution in [3.63, 3.8) is 0 Å². The molecule has 0 bridgehead atoms. The number of ether oxygens (including phenoxy) is 1. The van der Waals surface area contributed by atoms with Crippen molar-refractivity contribution in [2.75, 3.05) is 26.3 Å². The molecule has 19 heavy (non-hydrogen) atoms. The minimum atomic E-state index is -0.707. The molecule has 1 aromatic rings. The Morgan fingerprint density at radius 2 is 2.42 bits per heavy atom. The van der Waals surface area contributed by atoms with Crippen LogP contribution < -0.4 is 0 Å². The Morgan fingerprint density at radius 1 is 1.58 bits per heavy atom. The molecule has 1 N–H and O–H groups in total. The third-order valence-corrected chi connectivity index (χ3v) is 4.36. The molecule has 2 fully saturated rings. The van der Waals surface area contributed by atoms with Gasteiger partial charge in [-0.15, -0.1) is 0 Å². The Bertz CT molecular complexity index is 502. The number of aliphatic carboxylic acids is 1. The SMILES string of the molecule is Cc1cccc(CN2C[C@@H]3COC[C@]3(C(=O)O)C2)c1. The summed E-state index contributed by atoms with van der Waals surface area (Å²) >= 11 is 0. The van der Waals surface area contributed by atoms with Gasteiger partial charge in [0.25, 0.3) is 0 Å². The summed E-state index contributed by atoms with van der Waals surface area (Å²) < 4.78 is 5.39. The van der Waals surface area contributed by atoms with Gasteiger partial charge in [-0.2, -0.15) is 0 Å². The van der Waals surface area contributed by atoms with E-state index < -0.39 is 11.4 Å². The fourth-order valence-corrected chi connectivity index (χ4v) is 3.33. The monoisotopic (exact) mass is 261 g/mol. The number of nitrogens with zero attached hydrogens (tertiary/aromatic N) is 1. The van der Waals surface area contributed by atoms with E-state index in [1.165, 1.54) is 11.1 Å². The lowest BCUT2D eigenvalue weighted by molar-refractivity contribution is -0.149. The summed E-state index contributed by atoms with van der Waals surface area (Å²) in [7, 11) is 0. The summed E-state index contributed by atoms with van der Waals surface area (Å²) in [4.78, 5) is 13.8. The van der Waals surface area contributed by atoms with Gasteiger partial charge in [-0.3, -0.25) is 9.69 Å². The highest BCUT2D eigenvalue weighted by Gasteiger charge is 2.55. The zero-order valence-electron chi connectivity index (χ0n) is 11.1. The Hall–Kier alpha value is -1.39. The lowest BCUT2D eigenvalue weighted by Crippen LogP contribution is -2.38. The van der Waals surface area contributed by atoms with Crippen LogP contribution in [0, 0.1) is 18.3 Å². The Labute approximate surface area is 113 Å².